The van der Waals surface area contributed by atoms with Gasteiger partial charge in [-0.25, -0.2) is 4.79 Å². The second-order valence-corrected chi connectivity index (χ2v) is 3.62. The molecule has 0 bridgehead atoms. The van der Waals surface area contributed by atoms with Gasteiger partial charge in [0, 0.05) is 6.54 Å². The summed E-state index contributed by atoms with van der Waals surface area (Å²) in [6.45, 7) is 0.435. The second-order valence-electron chi connectivity index (χ2n) is 3.62. The van der Waals surface area contributed by atoms with Gasteiger partial charge < -0.3 is 10.0 Å². The summed E-state index contributed by atoms with van der Waals surface area (Å²) in [5.74, 6) is -0.868. The largest absolute Gasteiger partial charge is 0.478 e. The van der Waals surface area contributed by atoms with Crippen LogP contribution < -0.4 is 0 Å². The molecule has 0 fully saturated rings. The Morgan fingerprint density at radius 3 is 2.40 bits per heavy atom. The number of hydrogen-bond acceptors (Lipinski definition) is 2. The van der Waals surface area contributed by atoms with Crippen molar-refractivity contribution in [2.45, 2.75) is 0 Å². The lowest BCUT2D eigenvalue weighted by Gasteiger charge is -2.09. The molecule has 0 heterocycles. The molecule has 80 valence electrons. The highest BCUT2D eigenvalue weighted by Crippen LogP contribution is 2.07. The molecule has 1 aromatic rings. The van der Waals surface area contributed by atoms with Gasteiger partial charge in [-0.15, -0.1) is 0 Å². The standard InChI is InChI=1S/C12H15NO2/c1-13(2)9-11(12(14)15)8-10-6-4-3-5-7-10/h3-8H,9H2,1-2H3,(H,14,15). The quantitative estimate of drug-likeness (QED) is 0.761. The van der Waals surface area contributed by atoms with Gasteiger partial charge >= 0.3 is 5.97 Å². The van der Waals surface area contributed by atoms with Gasteiger partial charge in [-0.05, 0) is 25.7 Å². The molecule has 0 saturated carbocycles. The first-order valence-corrected chi connectivity index (χ1v) is 4.73. The van der Waals surface area contributed by atoms with Crippen LogP contribution in [-0.2, 0) is 4.79 Å². The smallest absolute Gasteiger partial charge is 0.332 e. The average Bonchev–Trinajstić information content (AvgIpc) is 2.17. The molecular weight excluding hydrogens is 190 g/mol. The van der Waals surface area contributed by atoms with Gasteiger partial charge in [-0.3, -0.25) is 0 Å². The normalized spacial score (nSPS) is 11.8. The summed E-state index contributed by atoms with van der Waals surface area (Å²) in [5.41, 5.74) is 1.31. The van der Waals surface area contributed by atoms with Crippen LogP contribution in [0.25, 0.3) is 6.08 Å². The molecule has 0 spiro atoms. The predicted octanol–water partition coefficient (Wildman–Crippen LogP) is 1.72. The lowest BCUT2D eigenvalue weighted by atomic mass is 10.1. The van der Waals surface area contributed by atoms with Crippen molar-refractivity contribution < 1.29 is 9.90 Å². The fourth-order valence-electron chi connectivity index (χ4n) is 1.27. The van der Waals surface area contributed by atoms with Crippen LogP contribution in [0.4, 0.5) is 0 Å². The van der Waals surface area contributed by atoms with Crippen molar-refractivity contribution in [3.63, 3.8) is 0 Å². The van der Waals surface area contributed by atoms with Crippen LogP contribution in [0.15, 0.2) is 35.9 Å². The maximum atomic E-state index is 10.9. The summed E-state index contributed by atoms with van der Waals surface area (Å²) in [6.07, 6.45) is 1.70. The summed E-state index contributed by atoms with van der Waals surface area (Å²) >= 11 is 0. The molecule has 3 nitrogen and oxygen atoms in total. The number of hydrogen-bond donors (Lipinski definition) is 1. The number of aliphatic carboxylic acids is 1. The van der Waals surface area contributed by atoms with E-state index in [0.29, 0.717) is 12.1 Å². The minimum Gasteiger partial charge on any atom is -0.478 e. The van der Waals surface area contributed by atoms with E-state index in [0.717, 1.165) is 5.56 Å². The molecule has 3 heteroatoms. The Hall–Kier alpha value is -1.61. The highest BCUT2D eigenvalue weighted by molar-refractivity contribution is 5.92. The molecular formula is C12H15NO2. The molecule has 0 amide bonds. The molecule has 0 saturated heterocycles. The molecule has 0 unspecified atom stereocenters. The Morgan fingerprint density at radius 1 is 1.33 bits per heavy atom. The molecule has 1 aromatic carbocycles. The third-order valence-electron chi connectivity index (χ3n) is 1.90. The summed E-state index contributed by atoms with van der Waals surface area (Å²) in [5, 5.41) is 8.99. The first-order chi connectivity index (χ1) is 7.09. The van der Waals surface area contributed by atoms with Crippen molar-refractivity contribution in [3.05, 3.63) is 41.5 Å². The molecule has 0 aromatic heterocycles. The van der Waals surface area contributed by atoms with E-state index >= 15 is 0 Å². The van der Waals surface area contributed by atoms with E-state index in [-0.39, 0.29) is 0 Å². The van der Waals surface area contributed by atoms with Crippen LogP contribution in [0.5, 0.6) is 0 Å². The molecule has 0 aliphatic rings. The van der Waals surface area contributed by atoms with Crippen molar-refractivity contribution in [2.24, 2.45) is 0 Å². The highest BCUT2D eigenvalue weighted by Gasteiger charge is 2.07. The molecule has 0 aliphatic carbocycles. The van der Waals surface area contributed by atoms with E-state index in [4.69, 9.17) is 5.11 Å². The zero-order chi connectivity index (χ0) is 11.3. The van der Waals surface area contributed by atoms with Gasteiger partial charge in [-0.2, -0.15) is 0 Å². The zero-order valence-electron chi connectivity index (χ0n) is 8.97. The SMILES string of the molecule is CN(C)CC(=Cc1ccccc1)C(=O)O. The first-order valence-electron chi connectivity index (χ1n) is 4.73. The summed E-state index contributed by atoms with van der Waals surface area (Å²) < 4.78 is 0. The van der Waals surface area contributed by atoms with E-state index in [1.54, 1.807) is 6.08 Å². The van der Waals surface area contributed by atoms with Gasteiger partial charge in [0.1, 0.15) is 0 Å². The van der Waals surface area contributed by atoms with E-state index < -0.39 is 5.97 Å². The Labute approximate surface area is 89.6 Å². The van der Waals surface area contributed by atoms with E-state index in [2.05, 4.69) is 0 Å². The number of benzene rings is 1. The van der Waals surface area contributed by atoms with E-state index in [1.807, 2.05) is 49.3 Å². The Morgan fingerprint density at radius 2 is 1.93 bits per heavy atom. The first kappa shape index (κ1) is 11.5. The highest BCUT2D eigenvalue weighted by atomic mass is 16.4. The number of nitrogens with zero attached hydrogens (tertiary/aromatic N) is 1. The van der Waals surface area contributed by atoms with Crippen molar-refractivity contribution in [1.29, 1.82) is 0 Å². The maximum Gasteiger partial charge on any atom is 0.332 e. The number of likely N-dealkylation sites (N-methyl/N-ethyl adjacent to an activating group) is 1. The van der Waals surface area contributed by atoms with Gasteiger partial charge in [0.05, 0.1) is 5.57 Å². The third kappa shape index (κ3) is 3.95. The minimum absolute atomic E-state index is 0.395. The lowest BCUT2D eigenvalue weighted by Crippen LogP contribution is -2.19. The van der Waals surface area contributed by atoms with Crippen molar-refractivity contribution in [2.75, 3.05) is 20.6 Å². The summed E-state index contributed by atoms with van der Waals surface area (Å²) in [4.78, 5) is 12.8. The topological polar surface area (TPSA) is 40.5 Å². The maximum absolute atomic E-state index is 10.9. The Bertz CT molecular complexity index is 355. The molecule has 0 radical (unpaired) electrons. The zero-order valence-corrected chi connectivity index (χ0v) is 8.97. The second kappa shape index (κ2) is 5.32. The Kier molecular flexibility index (Phi) is 4.06. The van der Waals surface area contributed by atoms with Crippen molar-refractivity contribution in [1.82, 2.24) is 4.90 Å². The third-order valence-corrected chi connectivity index (χ3v) is 1.90. The van der Waals surface area contributed by atoms with Crippen LogP contribution in [-0.4, -0.2) is 36.6 Å². The lowest BCUT2D eigenvalue weighted by molar-refractivity contribution is -0.132. The molecule has 1 rings (SSSR count). The van der Waals surface area contributed by atoms with Gasteiger partial charge in [-0.1, -0.05) is 30.3 Å². The van der Waals surface area contributed by atoms with Gasteiger partial charge in [0.25, 0.3) is 0 Å². The molecule has 15 heavy (non-hydrogen) atoms. The van der Waals surface area contributed by atoms with Crippen LogP contribution in [0.3, 0.4) is 0 Å². The predicted molar refractivity (Wildman–Crippen MR) is 60.6 cm³/mol. The van der Waals surface area contributed by atoms with Crippen LogP contribution >= 0.6 is 0 Å². The number of rotatable bonds is 4. The van der Waals surface area contributed by atoms with Crippen LogP contribution in [0.2, 0.25) is 0 Å². The van der Waals surface area contributed by atoms with Gasteiger partial charge in [0.15, 0.2) is 0 Å². The van der Waals surface area contributed by atoms with E-state index in [1.165, 1.54) is 0 Å². The van der Waals surface area contributed by atoms with Crippen molar-refractivity contribution >= 4 is 12.0 Å². The summed E-state index contributed by atoms with van der Waals surface area (Å²) in [6, 6.07) is 9.46. The summed E-state index contributed by atoms with van der Waals surface area (Å²) in [7, 11) is 3.70. The molecule has 1 N–H and O–H groups in total. The number of carbonyl (C=O) groups is 1. The molecule has 0 atom stereocenters. The van der Waals surface area contributed by atoms with E-state index in [9.17, 15) is 4.79 Å². The number of carboxylic acid groups (broad SMARTS) is 1. The number of carboxylic acids is 1. The fourth-order valence-corrected chi connectivity index (χ4v) is 1.27. The minimum atomic E-state index is -0.868. The monoisotopic (exact) mass is 205 g/mol. The van der Waals surface area contributed by atoms with Crippen LogP contribution in [0, 0.1) is 0 Å². The van der Waals surface area contributed by atoms with Crippen LogP contribution in [0.1, 0.15) is 5.56 Å². The molecule has 0 aliphatic heterocycles. The van der Waals surface area contributed by atoms with Crippen molar-refractivity contribution in [3.8, 4) is 0 Å². The average molecular weight is 205 g/mol. The fraction of sp³-hybridized carbons (Fsp3) is 0.250. The Balaban J connectivity index is 2.89. The van der Waals surface area contributed by atoms with Gasteiger partial charge in [0.2, 0.25) is 0 Å².